The Morgan fingerprint density at radius 2 is 1.84 bits per heavy atom. The molecule has 1 N–H and O–H groups in total. The van der Waals surface area contributed by atoms with Gasteiger partial charge in [-0.25, -0.2) is 12.8 Å². The summed E-state index contributed by atoms with van der Waals surface area (Å²) >= 11 is 1.49. The second-order valence-corrected chi connectivity index (χ2v) is 12.5. The smallest absolute Gasteiger partial charge is 0.264 e. The van der Waals surface area contributed by atoms with Gasteiger partial charge in [-0.3, -0.25) is 9.10 Å². The molecule has 6 nitrogen and oxygen atoms in total. The van der Waals surface area contributed by atoms with Crippen molar-refractivity contribution in [3.05, 3.63) is 84.2 Å². The molecule has 1 heterocycles. The number of carbonyl (C=O) groups is 1. The Labute approximate surface area is 229 Å². The van der Waals surface area contributed by atoms with Gasteiger partial charge in [0.2, 0.25) is 5.91 Å². The fraction of sp³-hybridized carbons (Fsp3) is 0.345. The molecular weight excluding hydrogens is 521 g/mol. The van der Waals surface area contributed by atoms with Crippen LogP contribution in [-0.2, 0) is 14.8 Å². The summed E-state index contributed by atoms with van der Waals surface area (Å²) in [6, 6.07) is 19.4. The predicted octanol–water partition coefficient (Wildman–Crippen LogP) is 5.86. The van der Waals surface area contributed by atoms with Gasteiger partial charge in [-0.15, -0.1) is 11.8 Å². The minimum Gasteiger partial charge on any atom is -0.371 e. The molecule has 1 aliphatic rings. The number of anilines is 2. The van der Waals surface area contributed by atoms with Crippen LogP contribution in [0, 0.1) is 11.7 Å². The molecule has 2 atom stereocenters. The van der Waals surface area contributed by atoms with E-state index in [0.717, 1.165) is 39.6 Å². The van der Waals surface area contributed by atoms with E-state index in [1.165, 1.54) is 54.9 Å². The number of halogens is 1. The van der Waals surface area contributed by atoms with Crippen LogP contribution in [0.1, 0.15) is 38.3 Å². The highest BCUT2D eigenvalue weighted by Gasteiger charge is 2.28. The Balaban J connectivity index is 1.50. The zero-order valence-corrected chi connectivity index (χ0v) is 23.6. The molecule has 1 amide bonds. The summed E-state index contributed by atoms with van der Waals surface area (Å²) < 4.78 is 42.1. The number of amides is 1. The summed E-state index contributed by atoms with van der Waals surface area (Å²) in [5, 5.41) is 2.90. The highest BCUT2D eigenvalue weighted by Crippen LogP contribution is 2.27. The Morgan fingerprint density at radius 1 is 1.13 bits per heavy atom. The molecule has 0 saturated carbocycles. The Kier molecular flexibility index (Phi) is 8.99. The van der Waals surface area contributed by atoms with Crippen molar-refractivity contribution >= 4 is 39.1 Å². The third-order valence-corrected chi connectivity index (χ3v) is 9.36. The molecule has 3 aromatic rings. The van der Waals surface area contributed by atoms with Gasteiger partial charge >= 0.3 is 0 Å². The van der Waals surface area contributed by atoms with Crippen molar-refractivity contribution in [1.29, 1.82) is 0 Å². The van der Waals surface area contributed by atoms with E-state index in [2.05, 4.69) is 29.3 Å². The van der Waals surface area contributed by atoms with Gasteiger partial charge in [-0.2, -0.15) is 0 Å². The third-order valence-electron chi connectivity index (χ3n) is 6.82. The quantitative estimate of drug-likeness (QED) is 0.335. The number of thioether (sulfide) groups is 1. The lowest BCUT2D eigenvalue weighted by molar-refractivity contribution is -0.120. The number of carbonyl (C=O) groups excluding carboxylic acids is 1. The maximum absolute atomic E-state index is 14.0. The fourth-order valence-electron chi connectivity index (χ4n) is 4.72. The molecule has 202 valence electrons. The van der Waals surface area contributed by atoms with Crippen molar-refractivity contribution in [3.63, 3.8) is 0 Å². The van der Waals surface area contributed by atoms with Gasteiger partial charge in [0.05, 0.1) is 16.6 Å². The Hall–Kier alpha value is -3.04. The maximum atomic E-state index is 14.0. The van der Waals surface area contributed by atoms with Crippen molar-refractivity contribution in [1.82, 2.24) is 5.32 Å². The average molecular weight is 556 g/mol. The molecule has 9 heteroatoms. The van der Waals surface area contributed by atoms with Gasteiger partial charge in [-0.1, -0.05) is 25.1 Å². The normalized spacial score (nSPS) is 16.6. The number of piperidine rings is 1. The van der Waals surface area contributed by atoms with Crippen molar-refractivity contribution in [2.45, 2.75) is 42.5 Å². The van der Waals surface area contributed by atoms with Crippen molar-refractivity contribution < 1.29 is 17.6 Å². The van der Waals surface area contributed by atoms with Gasteiger partial charge < -0.3 is 10.2 Å². The molecule has 1 aliphatic heterocycles. The number of sulfonamides is 1. The largest absolute Gasteiger partial charge is 0.371 e. The molecular formula is C29H34FN3O3S2. The van der Waals surface area contributed by atoms with Crippen LogP contribution in [-0.4, -0.2) is 40.2 Å². The summed E-state index contributed by atoms with van der Waals surface area (Å²) in [5.41, 5.74) is 2.16. The molecule has 4 rings (SSSR count). The number of nitrogens with zero attached hydrogens (tertiary/aromatic N) is 2. The summed E-state index contributed by atoms with van der Waals surface area (Å²) in [4.78, 5) is 16.4. The van der Waals surface area contributed by atoms with E-state index in [1.807, 2.05) is 25.3 Å². The molecule has 1 saturated heterocycles. The van der Waals surface area contributed by atoms with E-state index < -0.39 is 28.3 Å². The third kappa shape index (κ3) is 6.69. The van der Waals surface area contributed by atoms with E-state index in [0.29, 0.717) is 5.92 Å². The van der Waals surface area contributed by atoms with Gasteiger partial charge in [0.25, 0.3) is 10.0 Å². The number of nitrogens with one attached hydrogen (secondary N) is 1. The number of rotatable bonds is 9. The van der Waals surface area contributed by atoms with Crippen LogP contribution < -0.4 is 14.5 Å². The minimum absolute atomic E-state index is 0.0306. The molecule has 0 bridgehead atoms. The maximum Gasteiger partial charge on any atom is 0.264 e. The standard InChI is InChI=1S/C29H34FN3O3S2/c1-21-6-5-17-32(19-21)25-11-9-23(10-12-25)22(2)31-29(34)20-33(26-8-4-7-24(30)18-26)38(35,36)28-15-13-27(37-3)14-16-28/h4,7-16,18,21-22H,5-6,17,19-20H2,1-3H3,(H,31,34). The number of hydrogen-bond acceptors (Lipinski definition) is 5. The van der Waals surface area contributed by atoms with Crippen molar-refractivity contribution in [3.8, 4) is 0 Å². The lowest BCUT2D eigenvalue weighted by Gasteiger charge is -2.33. The molecule has 0 radical (unpaired) electrons. The first-order valence-electron chi connectivity index (χ1n) is 12.7. The Morgan fingerprint density at radius 3 is 2.47 bits per heavy atom. The first kappa shape index (κ1) is 28.0. The molecule has 38 heavy (non-hydrogen) atoms. The minimum atomic E-state index is -4.12. The number of benzene rings is 3. The van der Waals surface area contributed by atoms with Crippen LogP contribution in [0.4, 0.5) is 15.8 Å². The van der Waals surface area contributed by atoms with Gasteiger partial charge in [0, 0.05) is 23.7 Å². The SMILES string of the molecule is CSc1ccc(S(=O)(=O)N(CC(=O)NC(C)c2ccc(N3CCCC(C)C3)cc2)c2cccc(F)c2)cc1. The van der Waals surface area contributed by atoms with Gasteiger partial charge in [-0.05, 0) is 92.1 Å². The van der Waals surface area contributed by atoms with Gasteiger partial charge in [0.1, 0.15) is 12.4 Å². The molecule has 0 aromatic heterocycles. The van der Waals surface area contributed by atoms with E-state index in [-0.39, 0.29) is 16.6 Å². The van der Waals surface area contributed by atoms with E-state index in [4.69, 9.17) is 0 Å². The lowest BCUT2D eigenvalue weighted by atomic mass is 9.99. The van der Waals surface area contributed by atoms with E-state index in [9.17, 15) is 17.6 Å². The molecule has 2 unspecified atom stereocenters. The monoisotopic (exact) mass is 555 g/mol. The fourth-order valence-corrected chi connectivity index (χ4v) is 6.54. The highest BCUT2D eigenvalue weighted by molar-refractivity contribution is 7.98. The Bertz CT molecular complexity index is 1350. The second-order valence-electron chi connectivity index (χ2n) is 9.74. The van der Waals surface area contributed by atoms with E-state index in [1.54, 1.807) is 12.1 Å². The van der Waals surface area contributed by atoms with Crippen LogP contribution in [0.25, 0.3) is 0 Å². The van der Waals surface area contributed by atoms with E-state index >= 15 is 0 Å². The van der Waals surface area contributed by atoms with Crippen molar-refractivity contribution in [2.24, 2.45) is 5.92 Å². The predicted molar refractivity (Wildman–Crippen MR) is 153 cm³/mol. The van der Waals surface area contributed by atoms with Crippen LogP contribution >= 0.6 is 11.8 Å². The van der Waals surface area contributed by atoms with Crippen molar-refractivity contribution in [2.75, 3.05) is 35.1 Å². The number of hydrogen-bond donors (Lipinski definition) is 1. The summed E-state index contributed by atoms with van der Waals surface area (Å²) in [7, 11) is -4.12. The average Bonchev–Trinajstić information content (AvgIpc) is 2.91. The van der Waals surface area contributed by atoms with Crippen LogP contribution in [0.5, 0.6) is 0 Å². The zero-order valence-electron chi connectivity index (χ0n) is 21.9. The highest BCUT2D eigenvalue weighted by atomic mass is 32.2. The van der Waals surface area contributed by atoms with Crippen LogP contribution in [0.3, 0.4) is 0 Å². The molecule has 1 fully saturated rings. The molecule has 3 aromatic carbocycles. The van der Waals surface area contributed by atoms with Crippen LogP contribution in [0.15, 0.2) is 82.6 Å². The van der Waals surface area contributed by atoms with Gasteiger partial charge in [0.15, 0.2) is 0 Å². The van der Waals surface area contributed by atoms with Crippen LogP contribution in [0.2, 0.25) is 0 Å². The summed E-state index contributed by atoms with van der Waals surface area (Å²) in [6.07, 6.45) is 4.33. The first-order valence-corrected chi connectivity index (χ1v) is 15.4. The first-order chi connectivity index (χ1) is 18.2. The summed E-state index contributed by atoms with van der Waals surface area (Å²) in [5.74, 6) is -0.403. The second kappa shape index (κ2) is 12.2. The molecule has 0 aliphatic carbocycles. The molecule has 0 spiro atoms. The lowest BCUT2D eigenvalue weighted by Crippen LogP contribution is -2.41. The topological polar surface area (TPSA) is 69.7 Å². The summed E-state index contributed by atoms with van der Waals surface area (Å²) in [6.45, 7) is 5.73. The zero-order chi connectivity index (χ0) is 27.3.